The standard InChI is InChI=1S/C12H20N2O4/c1-3-4-14(8-11(16)17)12(18)13(2)7-9-5-10(15)6-9/h3,9-10,15H,1,4-8H2,2H3,(H,16,17). The molecule has 0 aromatic rings. The van der Waals surface area contributed by atoms with Gasteiger partial charge in [-0.05, 0) is 18.8 Å². The van der Waals surface area contributed by atoms with Gasteiger partial charge in [0.05, 0.1) is 6.10 Å². The van der Waals surface area contributed by atoms with Gasteiger partial charge >= 0.3 is 12.0 Å². The summed E-state index contributed by atoms with van der Waals surface area (Å²) in [7, 11) is 1.64. The summed E-state index contributed by atoms with van der Waals surface area (Å²) in [6, 6.07) is -0.321. The van der Waals surface area contributed by atoms with E-state index in [1.807, 2.05) is 0 Å². The predicted molar refractivity (Wildman–Crippen MR) is 66.2 cm³/mol. The number of amides is 2. The second-order valence-electron chi connectivity index (χ2n) is 4.72. The quantitative estimate of drug-likeness (QED) is 0.673. The van der Waals surface area contributed by atoms with Crippen LogP contribution in [0.2, 0.25) is 0 Å². The third-order valence-electron chi connectivity index (χ3n) is 3.02. The lowest BCUT2D eigenvalue weighted by Gasteiger charge is -2.35. The van der Waals surface area contributed by atoms with Crippen molar-refractivity contribution in [3.05, 3.63) is 12.7 Å². The molecule has 2 amide bonds. The number of hydrogen-bond donors (Lipinski definition) is 2. The topological polar surface area (TPSA) is 81.1 Å². The van der Waals surface area contributed by atoms with Crippen LogP contribution in [-0.2, 0) is 4.79 Å². The van der Waals surface area contributed by atoms with Crippen LogP contribution in [0.1, 0.15) is 12.8 Å². The first-order chi connectivity index (χ1) is 8.43. The molecular formula is C12H20N2O4. The second kappa shape index (κ2) is 6.39. The number of nitrogens with zero attached hydrogens (tertiary/aromatic N) is 2. The molecule has 102 valence electrons. The average molecular weight is 256 g/mol. The van der Waals surface area contributed by atoms with Crippen LogP contribution in [0.4, 0.5) is 4.79 Å². The zero-order valence-corrected chi connectivity index (χ0v) is 10.6. The van der Waals surface area contributed by atoms with Gasteiger partial charge in [-0.2, -0.15) is 0 Å². The van der Waals surface area contributed by atoms with E-state index in [0.717, 1.165) is 0 Å². The van der Waals surface area contributed by atoms with Crippen molar-refractivity contribution in [3.8, 4) is 0 Å². The van der Waals surface area contributed by atoms with Gasteiger partial charge in [-0.3, -0.25) is 4.79 Å². The lowest BCUT2D eigenvalue weighted by atomic mass is 9.82. The van der Waals surface area contributed by atoms with Crippen LogP contribution in [0.5, 0.6) is 0 Å². The number of carbonyl (C=O) groups excluding carboxylic acids is 1. The fourth-order valence-electron chi connectivity index (χ4n) is 2.09. The number of aliphatic hydroxyl groups is 1. The molecule has 0 radical (unpaired) electrons. The van der Waals surface area contributed by atoms with Gasteiger partial charge in [0.1, 0.15) is 6.54 Å². The summed E-state index contributed by atoms with van der Waals surface area (Å²) in [5.74, 6) is -0.734. The molecule has 0 aliphatic heterocycles. The lowest BCUT2D eigenvalue weighted by Crippen LogP contribution is -2.47. The zero-order valence-electron chi connectivity index (χ0n) is 10.6. The zero-order chi connectivity index (χ0) is 13.7. The summed E-state index contributed by atoms with van der Waals surface area (Å²) in [4.78, 5) is 25.4. The van der Waals surface area contributed by atoms with Gasteiger partial charge in [0.15, 0.2) is 0 Å². The molecule has 1 aliphatic rings. The molecule has 6 heteroatoms. The highest BCUT2D eigenvalue weighted by Crippen LogP contribution is 2.27. The summed E-state index contributed by atoms with van der Waals surface area (Å²) in [6.07, 6.45) is 2.67. The number of aliphatic carboxylic acids is 1. The third kappa shape index (κ3) is 4.03. The van der Waals surface area contributed by atoms with Crippen molar-refractivity contribution in [2.45, 2.75) is 18.9 Å². The minimum Gasteiger partial charge on any atom is -0.480 e. The highest BCUT2D eigenvalue weighted by atomic mass is 16.4. The summed E-state index contributed by atoms with van der Waals surface area (Å²) in [6.45, 7) is 3.93. The van der Waals surface area contributed by atoms with E-state index in [9.17, 15) is 14.7 Å². The van der Waals surface area contributed by atoms with Gasteiger partial charge in [-0.15, -0.1) is 6.58 Å². The number of aliphatic hydroxyl groups excluding tert-OH is 1. The largest absolute Gasteiger partial charge is 0.480 e. The van der Waals surface area contributed by atoms with Crippen LogP contribution >= 0.6 is 0 Å². The molecule has 0 heterocycles. The van der Waals surface area contributed by atoms with E-state index >= 15 is 0 Å². The number of urea groups is 1. The maximum atomic E-state index is 12.0. The van der Waals surface area contributed by atoms with Crippen LogP contribution in [0.15, 0.2) is 12.7 Å². The number of carbonyl (C=O) groups is 2. The van der Waals surface area contributed by atoms with E-state index in [1.54, 1.807) is 7.05 Å². The Bertz CT molecular complexity index is 326. The molecule has 0 spiro atoms. The van der Waals surface area contributed by atoms with Crippen molar-refractivity contribution in [2.75, 3.05) is 26.7 Å². The van der Waals surface area contributed by atoms with Gasteiger partial charge in [0.25, 0.3) is 0 Å². The van der Waals surface area contributed by atoms with E-state index < -0.39 is 5.97 Å². The van der Waals surface area contributed by atoms with Crippen LogP contribution in [0, 0.1) is 5.92 Å². The average Bonchev–Trinajstić information content (AvgIpc) is 2.24. The van der Waals surface area contributed by atoms with Crippen molar-refractivity contribution in [1.29, 1.82) is 0 Å². The Morgan fingerprint density at radius 2 is 2.06 bits per heavy atom. The van der Waals surface area contributed by atoms with E-state index in [2.05, 4.69) is 6.58 Å². The molecule has 1 aliphatic carbocycles. The molecule has 1 saturated carbocycles. The van der Waals surface area contributed by atoms with Crippen molar-refractivity contribution >= 4 is 12.0 Å². The van der Waals surface area contributed by atoms with E-state index in [1.165, 1.54) is 15.9 Å². The van der Waals surface area contributed by atoms with Crippen molar-refractivity contribution in [3.63, 3.8) is 0 Å². The summed E-state index contributed by atoms with van der Waals surface area (Å²) < 4.78 is 0. The van der Waals surface area contributed by atoms with Gasteiger partial charge in [-0.25, -0.2) is 4.79 Å². The molecule has 6 nitrogen and oxygen atoms in total. The molecule has 0 saturated heterocycles. The molecular weight excluding hydrogens is 236 g/mol. The van der Waals surface area contributed by atoms with Crippen LogP contribution < -0.4 is 0 Å². The Hall–Kier alpha value is -1.56. The van der Waals surface area contributed by atoms with Gasteiger partial charge < -0.3 is 20.0 Å². The Morgan fingerprint density at radius 3 is 2.50 bits per heavy atom. The van der Waals surface area contributed by atoms with E-state index in [-0.39, 0.29) is 25.2 Å². The number of carboxylic acid groups (broad SMARTS) is 1. The third-order valence-corrected chi connectivity index (χ3v) is 3.02. The summed E-state index contributed by atoms with van der Waals surface area (Å²) in [5.41, 5.74) is 0. The molecule has 1 rings (SSSR count). The van der Waals surface area contributed by atoms with E-state index in [0.29, 0.717) is 25.3 Å². The van der Waals surface area contributed by atoms with Crippen molar-refractivity contribution in [2.24, 2.45) is 5.92 Å². The van der Waals surface area contributed by atoms with E-state index in [4.69, 9.17) is 5.11 Å². The maximum Gasteiger partial charge on any atom is 0.323 e. The minimum atomic E-state index is -1.04. The molecule has 18 heavy (non-hydrogen) atoms. The molecule has 0 aromatic carbocycles. The van der Waals surface area contributed by atoms with Gasteiger partial charge in [0, 0.05) is 20.1 Å². The van der Waals surface area contributed by atoms with Crippen LogP contribution in [-0.4, -0.2) is 64.8 Å². The Balaban J connectivity index is 2.47. The summed E-state index contributed by atoms with van der Waals surface area (Å²) in [5, 5.41) is 17.9. The fraction of sp³-hybridized carbons (Fsp3) is 0.667. The number of hydrogen-bond acceptors (Lipinski definition) is 3. The first kappa shape index (κ1) is 14.5. The van der Waals surface area contributed by atoms with Crippen molar-refractivity contribution in [1.82, 2.24) is 9.80 Å². The van der Waals surface area contributed by atoms with Crippen LogP contribution in [0.25, 0.3) is 0 Å². The smallest absolute Gasteiger partial charge is 0.323 e. The summed E-state index contributed by atoms with van der Waals surface area (Å²) >= 11 is 0. The molecule has 0 unspecified atom stereocenters. The predicted octanol–water partition coefficient (Wildman–Crippen LogP) is 0.382. The first-order valence-electron chi connectivity index (χ1n) is 5.94. The molecule has 0 aromatic heterocycles. The number of rotatable bonds is 6. The normalized spacial score (nSPS) is 21.9. The second-order valence-corrected chi connectivity index (χ2v) is 4.72. The SMILES string of the molecule is C=CCN(CC(=O)O)C(=O)N(C)CC1CC(O)C1. The highest BCUT2D eigenvalue weighted by molar-refractivity contribution is 5.80. The van der Waals surface area contributed by atoms with Crippen LogP contribution in [0.3, 0.4) is 0 Å². The van der Waals surface area contributed by atoms with Gasteiger partial charge in [-0.1, -0.05) is 6.08 Å². The Kier molecular flexibility index (Phi) is 5.15. The molecule has 0 atom stereocenters. The highest BCUT2D eigenvalue weighted by Gasteiger charge is 2.30. The fourth-order valence-corrected chi connectivity index (χ4v) is 2.09. The maximum absolute atomic E-state index is 12.0. The Morgan fingerprint density at radius 1 is 1.44 bits per heavy atom. The lowest BCUT2D eigenvalue weighted by molar-refractivity contribution is -0.137. The van der Waals surface area contributed by atoms with Gasteiger partial charge in [0.2, 0.25) is 0 Å². The number of carboxylic acids is 1. The molecule has 0 bridgehead atoms. The first-order valence-corrected chi connectivity index (χ1v) is 5.94. The minimum absolute atomic E-state index is 0.211. The Labute approximate surface area is 106 Å². The molecule has 1 fully saturated rings. The van der Waals surface area contributed by atoms with Crippen molar-refractivity contribution < 1.29 is 19.8 Å². The molecule has 2 N–H and O–H groups in total. The monoisotopic (exact) mass is 256 g/mol.